The lowest BCUT2D eigenvalue weighted by Gasteiger charge is -2.21. The summed E-state index contributed by atoms with van der Waals surface area (Å²) in [5.41, 5.74) is 6.39. The molecule has 0 aliphatic heterocycles. The fraction of sp³-hybridized carbons (Fsp3) is 0.533. The molecule has 1 atom stereocenters. The number of hydrogen-bond donors (Lipinski definition) is 2. The van der Waals surface area contributed by atoms with Crippen LogP contribution in [0.4, 0.5) is 4.79 Å². The second-order valence-electron chi connectivity index (χ2n) is 5.80. The third-order valence-corrected chi connectivity index (χ3v) is 3.00. The zero-order chi connectivity index (χ0) is 16.0. The summed E-state index contributed by atoms with van der Waals surface area (Å²) in [6.07, 6.45) is 0.0808. The summed E-state index contributed by atoms with van der Waals surface area (Å²) in [6, 6.07) is 5.19. The molecule has 1 amide bonds. The molecular weight excluding hydrogens is 292 g/mol. The zero-order valence-corrected chi connectivity index (χ0v) is 13.7. The van der Waals surface area contributed by atoms with E-state index in [1.165, 1.54) is 0 Å². The summed E-state index contributed by atoms with van der Waals surface area (Å²) in [6.45, 7) is 5.74. The monoisotopic (exact) mass is 314 g/mol. The summed E-state index contributed by atoms with van der Waals surface area (Å²) < 4.78 is 10.2. The lowest BCUT2D eigenvalue weighted by Crippen LogP contribution is -2.41. The van der Waals surface area contributed by atoms with E-state index < -0.39 is 11.7 Å². The van der Waals surface area contributed by atoms with Crippen LogP contribution < -0.4 is 15.8 Å². The van der Waals surface area contributed by atoms with E-state index in [-0.39, 0.29) is 6.04 Å². The van der Waals surface area contributed by atoms with Crippen LogP contribution in [0.3, 0.4) is 0 Å². The molecule has 1 rings (SSSR count). The van der Waals surface area contributed by atoms with Crippen molar-refractivity contribution in [2.24, 2.45) is 5.73 Å². The average molecular weight is 315 g/mol. The normalized spacial score (nSPS) is 12.7. The van der Waals surface area contributed by atoms with Crippen molar-refractivity contribution in [3.05, 3.63) is 28.8 Å². The molecule has 3 N–H and O–H groups in total. The lowest BCUT2D eigenvalue weighted by molar-refractivity contribution is 0.0524. The highest BCUT2D eigenvalue weighted by Crippen LogP contribution is 2.23. The maximum atomic E-state index is 11.5. The Morgan fingerprint density at radius 1 is 1.43 bits per heavy atom. The highest BCUT2D eigenvalue weighted by Gasteiger charge is 2.17. The van der Waals surface area contributed by atoms with Gasteiger partial charge in [0.25, 0.3) is 0 Å². The third-order valence-electron chi connectivity index (χ3n) is 2.65. The number of amides is 1. The summed E-state index contributed by atoms with van der Waals surface area (Å²) in [5, 5.41) is 3.25. The standard InChI is InChI=1S/C15H23ClN2O3/c1-15(2,3)21-14(19)18-9-11(17)7-10-5-6-12(20-4)8-13(10)16/h5-6,8,11H,7,9,17H2,1-4H3,(H,18,19). The minimum atomic E-state index is -0.520. The Labute approximate surface area is 130 Å². The number of ether oxygens (including phenoxy) is 2. The largest absolute Gasteiger partial charge is 0.497 e. The van der Waals surface area contributed by atoms with E-state index in [0.717, 1.165) is 5.56 Å². The van der Waals surface area contributed by atoms with E-state index in [1.807, 2.05) is 32.9 Å². The Kier molecular flexibility index (Phi) is 6.30. The molecule has 118 valence electrons. The molecule has 0 spiro atoms. The van der Waals surface area contributed by atoms with Gasteiger partial charge in [-0.2, -0.15) is 0 Å². The number of halogens is 1. The summed E-state index contributed by atoms with van der Waals surface area (Å²) >= 11 is 6.15. The second kappa shape index (κ2) is 7.52. The molecule has 0 aliphatic carbocycles. The van der Waals surface area contributed by atoms with Gasteiger partial charge in [-0.05, 0) is 44.9 Å². The van der Waals surface area contributed by atoms with Crippen molar-refractivity contribution < 1.29 is 14.3 Å². The molecule has 0 saturated heterocycles. The van der Waals surface area contributed by atoms with Crippen molar-refractivity contribution in [3.63, 3.8) is 0 Å². The molecule has 0 heterocycles. The highest BCUT2D eigenvalue weighted by molar-refractivity contribution is 6.31. The van der Waals surface area contributed by atoms with Crippen LogP contribution in [-0.2, 0) is 11.2 Å². The number of hydrogen-bond acceptors (Lipinski definition) is 4. The molecule has 1 aromatic carbocycles. The van der Waals surface area contributed by atoms with E-state index in [9.17, 15) is 4.79 Å². The van der Waals surface area contributed by atoms with E-state index in [0.29, 0.717) is 23.7 Å². The maximum Gasteiger partial charge on any atom is 0.407 e. The van der Waals surface area contributed by atoms with Crippen molar-refractivity contribution in [1.29, 1.82) is 0 Å². The summed E-state index contributed by atoms with van der Waals surface area (Å²) in [4.78, 5) is 11.5. The fourth-order valence-corrected chi connectivity index (χ4v) is 1.95. The van der Waals surface area contributed by atoms with Gasteiger partial charge >= 0.3 is 6.09 Å². The number of carbonyl (C=O) groups excluding carboxylic acids is 1. The van der Waals surface area contributed by atoms with E-state index >= 15 is 0 Å². The summed E-state index contributed by atoms with van der Waals surface area (Å²) in [5.74, 6) is 0.698. The SMILES string of the molecule is COc1ccc(CC(N)CNC(=O)OC(C)(C)C)c(Cl)c1. The topological polar surface area (TPSA) is 73.6 Å². The highest BCUT2D eigenvalue weighted by atomic mass is 35.5. The van der Waals surface area contributed by atoms with Gasteiger partial charge in [0, 0.05) is 17.6 Å². The van der Waals surface area contributed by atoms with Crippen LogP contribution in [0.1, 0.15) is 26.3 Å². The molecule has 5 nitrogen and oxygen atoms in total. The van der Waals surface area contributed by atoms with Gasteiger partial charge in [0.15, 0.2) is 0 Å². The van der Waals surface area contributed by atoms with Crippen molar-refractivity contribution in [2.45, 2.75) is 38.8 Å². The zero-order valence-electron chi connectivity index (χ0n) is 12.9. The van der Waals surface area contributed by atoms with Gasteiger partial charge in [-0.1, -0.05) is 17.7 Å². The number of rotatable bonds is 5. The first-order valence-corrected chi connectivity index (χ1v) is 7.14. The minimum absolute atomic E-state index is 0.247. The van der Waals surface area contributed by atoms with E-state index in [2.05, 4.69) is 5.32 Å². The van der Waals surface area contributed by atoms with Gasteiger partial charge in [-0.25, -0.2) is 4.79 Å². The number of methoxy groups -OCH3 is 1. The summed E-state index contributed by atoms with van der Waals surface area (Å²) in [7, 11) is 1.59. The van der Waals surface area contributed by atoms with Crippen LogP contribution in [0, 0.1) is 0 Å². The van der Waals surface area contributed by atoms with Crippen LogP contribution in [0.15, 0.2) is 18.2 Å². The van der Waals surface area contributed by atoms with Crippen LogP contribution in [-0.4, -0.2) is 31.4 Å². The molecule has 1 aromatic rings. The first-order valence-electron chi connectivity index (χ1n) is 6.76. The lowest BCUT2D eigenvalue weighted by atomic mass is 10.1. The van der Waals surface area contributed by atoms with Crippen molar-refractivity contribution in [2.75, 3.05) is 13.7 Å². The van der Waals surface area contributed by atoms with Gasteiger partial charge in [-0.3, -0.25) is 0 Å². The van der Waals surface area contributed by atoms with Crippen LogP contribution >= 0.6 is 11.6 Å². The molecular formula is C15H23ClN2O3. The first kappa shape index (κ1) is 17.6. The van der Waals surface area contributed by atoms with Gasteiger partial charge < -0.3 is 20.5 Å². The molecule has 0 aromatic heterocycles. The molecule has 0 aliphatic rings. The van der Waals surface area contributed by atoms with Crippen molar-refractivity contribution >= 4 is 17.7 Å². The molecule has 0 bridgehead atoms. The molecule has 0 fully saturated rings. The molecule has 1 unspecified atom stereocenters. The number of nitrogens with two attached hydrogens (primary N) is 1. The Morgan fingerprint density at radius 2 is 2.10 bits per heavy atom. The molecule has 0 radical (unpaired) electrons. The average Bonchev–Trinajstić information content (AvgIpc) is 2.37. The Bertz CT molecular complexity index is 486. The van der Waals surface area contributed by atoms with Crippen LogP contribution in [0.25, 0.3) is 0 Å². The Morgan fingerprint density at radius 3 is 2.62 bits per heavy atom. The quantitative estimate of drug-likeness (QED) is 0.876. The second-order valence-corrected chi connectivity index (χ2v) is 6.21. The molecule has 6 heteroatoms. The Hall–Kier alpha value is -1.46. The number of carbonyl (C=O) groups is 1. The number of nitrogens with one attached hydrogen (secondary N) is 1. The smallest absolute Gasteiger partial charge is 0.407 e. The van der Waals surface area contributed by atoms with Crippen molar-refractivity contribution in [1.82, 2.24) is 5.32 Å². The predicted molar refractivity (Wildman–Crippen MR) is 83.9 cm³/mol. The van der Waals surface area contributed by atoms with Gasteiger partial charge in [-0.15, -0.1) is 0 Å². The fourth-order valence-electron chi connectivity index (χ4n) is 1.70. The number of benzene rings is 1. The van der Waals surface area contributed by atoms with E-state index in [4.69, 9.17) is 26.8 Å². The van der Waals surface area contributed by atoms with Crippen LogP contribution in [0.2, 0.25) is 5.02 Å². The molecule has 0 saturated carbocycles. The van der Waals surface area contributed by atoms with Gasteiger partial charge in [0.1, 0.15) is 11.4 Å². The predicted octanol–water partition coefficient (Wildman–Crippen LogP) is 2.74. The number of alkyl carbamates (subject to hydrolysis) is 1. The first-order chi connectivity index (χ1) is 9.71. The van der Waals surface area contributed by atoms with Crippen molar-refractivity contribution in [3.8, 4) is 5.75 Å². The van der Waals surface area contributed by atoms with Gasteiger partial charge in [0.2, 0.25) is 0 Å². The van der Waals surface area contributed by atoms with Crippen LogP contribution in [0.5, 0.6) is 5.75 Å². The maximum absolute atomic E-state index is 11.5. The Balaban J connectivity index is 2.47. The van der Waals surface area contributed by atoms with E-state index in [1.54, 1.807) is 13.2 Å². The third kappa shape index (κ3) is 6.69. The van der Waals surface area contributed by atoms with Gasteiger partial charge in [0.05, 0.1) is 7.11 Å². The molecule has 21 heavy (non-hydrogen) atoms. The minimum Gasteiger partial charge on any atom is -0.497 e.